The number of nitrogens with one attached hydrogen (secondary N) is 1. The van der Waals surface area contributed by atoms with E-state index in [9.17, 15) is 24.3 Å². The number of allylic oxidation sites excluding steroid dienone is 1. The number of aliphatic hydroxyl groups is 1. The van der Waals surface area contributed by atoms with Crippen LogP contribution in [0.15, 0.2) is 49.6 Å². The molecule has 3 amide bonds. The van der Waals surface area contributed by atoms with Crippen LogP contribution in [0.2, 0.25) is 5.02 Å². The van der Waals surface area contributed by atoms with Crippen molar-refractivity contribution in [2.24, 2.45) is 11.8 Å². The fourth-order valence-electron chi connectivity index (χ4n) is 6.18. The number of carbonyl (C=O) groups excluding carboxylic acids is 4. The van der Waals surface area contributed by atoms with E-state index in [1.807, 2.05) is 0 Å². The summed E-state index contributed by atoms with van der Waals surface area (Å²) in [5.41, 5.74) is -0.882. The highest BCUT2D eigenvalue weighted by molar-refractivity contribution is 9.09. The Bertz CT molecular complexity index is 1210. The molecule has 12 heteroatoms. The van der Waals surface area contributed by atoms with Crippen LogP contribution in [0.1, 0.15) is 26.2 Å². The maximum atomic E-state index is 14.3. The molecule has 0 aromatic heterocycles. The summed E-state index contributed by atoms with van der Waals surface area (Å²) in [4.78, 5) is 56.2. The lowest BCUT2D eigenvalue weighted by atomic mass is 9.70. The van der Waals surface area contributed by atoms with Crippen molar-refractivity contribution in [2.45, 2.75) is 54.9 Å². The third-order valence-corrected chi connectivity index (χ3v) is 9.00. The van der Waals surface area contributed by atoms with E-state index < -0.39 is 53.5 Å². The van der Waals surface area contributed by atoms with Crippen LogP contribution in [-0.2, 0) is 28.7 Å². The van der Waals surface area contributed by atoms with Crippen molar-refractivity contribution < 1.29 is 33.8 Å². The monoisotopic (exact) mass is 651 g/mol. The highest BCUT2D eigenvalue weighted by Crippen LogP contribution is 2.60. The van der Waals surface area contributed by atoms with Gasteiger partial charge in [0.1, 0.15) is 17.7 Å². The molecule has 3 aliphatic heterocycles. The number of alkyl halides is 1. The SMILES string of the molecule is C=CCCC(=O)NC[C@H](C)OC(=O)[C@@H]1[C@H]2O[C@@]3(CC2Br)[C@H](C(=O)N(CC=C)c2ccccc2Cl)N(CCO)C(=O)[C@@H]13. The Morgan fingerprint density at radius 3 is 2.73 bits per heavy atom. The number of carbonyl (C=O) groups is 4. The van der Waals surface area contributed by atoms with Crippen LogP contribution in [0, 0.1) is 11.8 Å². The van der Waals surface area contributed by atoms with Crippen molar-refractivity contribution in [2.75, 3.05) is 31.1 Å². The topological polar surface area (TPSA) is 125 Å². The molecule has 1 spiro atoms. The van der Waals surface area contributed by atoms with E-state index in [0.717, 1.165) is 0 Å². The average Bonchev–Trinajstić information content (AvgIpc) is 3.53. The molecule has 3 saturated heterocycles. The first-order valence-corrected chi connectivity index (χ1v) is 14.9. The minimum Gasteiger partial charge on any atom is -0.460 e. The molecule has 222 valence electrons. The molecule has 2 bridgehead atoms. The van der Waals surface area contributed by atoms with E-state index in [1.54, 1.807) is 43.3 Å². The second-order valence-corrected chi connectivity index (χ2v) is 12.1. The number of hydrogen-bond donors (Lipinski definition) is 2. The molecule has 1 unspecified atom stereocenters. The first-order chi connectivity index (χ1) is 19.6. The molecule has 3 heterocycles. The smallest absolute Gasteiger partial charge is 0.312 e. The highest BCUT2D eigenvalue weighted by Gasteiger charge is 2.77. The number of nitrogens with zero attached hydrogens (tertiary/aromatic N) is 2. The van der Waals surface area contributed by atoms with Gasteiger partial charge in [-0.1, -0.05) is 51.8 Å². The maximum absolute atomic E-state index is 14.3. The van der Waals surface area contributed by atoms with Crippen molar-refractivity contribution >= 4 is 56.9 Å². The van der Waals surface area contributed by atoms with Gasteiger partial charge in [0.25, 0.3) is 5.91 Å². The van der Waals surface area contributed by atoms with Crippen molar-refractivity contribution in [1.82, 2.24) is 10.2 Å². The van der Waals surface area contributed by atoms with Gasteiger partial charge in [-0.05, 0) is 31.9 Å². The van der Waals surface area contributed by atoms with Crippen LogP contribution >= 0.6 is 27.5 Å². The Balaban J connectivity index is 1.62. The number of benzene rings is 1. The minimum atomic E-state index is -1.32. The quantitative estimate of drug-likeness (QED) is 0.191. The van der Waals surface area contributed by atoms with Crippen LogP contribution in [0.25, 0.3) is 0 Å². The zero-order valence-electron chi connectivity index (χ0n) is 22.8. The van der Waals surface area contributed by atoms with Gasteiger partial charge in [-0.25, -0.2) is 0 Å². The second-order valence-electron chi connectivity index (χ2n) is 10.5. The van der Waals surface area contributed by atoms with E-state index in [4.69, 9.17) is 21.1 Å². The summed E-state index contributed by atoms with van der Waals surface area (Å²) in [5.74, 6) is -3.70. The molecule has 1 aromatic rings. The first-order valence-electron chi connectivity index (χ1n) is 13.6. The average molecular weight is 653 g/mol. The first kappa shape index (κ1) is 31.2. The van der Waals surface area contributed by atoms with Crippen molar-refractivity contribution in [1.29, 1.82) is 0 Å². The number of esters is 1. The fourth-order valence-corrected chi connectivity index (χ4v) is 7.36. The van der Waals surface area contributed by atoms with Crippen molar-refractivity contribution in [3.05, 3.63) is 54.6 Å². The van der Waals surface area contributed by atoms with Crippen LogP contribution in [0.3, 0.4) is 0 Å². The standard InChI is InChI=1S/C29H35BrClN3O7/c1-4-6-11-21(36)32-16-17(3)40-28(39)22-23-26(37)34(13-14-35)25(29(23)15-18(30)24(22)41-29)27(38)33(12-5-2)20-10-8-7-9-19(20)31/h4-5,7-10,17-18,22-25,35H,1-2,6,11-16H2,3H3,(H,32,36)/t17-,18?,22-,23+,24-,25-,29+/m0/s1. The number of amides is 3. The molecule has 3 fully saturated rings. The lowest BCUT2D eigenvalue weighted by molar-refractivity contribution is -0.159. The number of hydrogen-bond acceptors (Lipinski definition) is 7. The summed E-state index contributed by atoms with van der Waals surface area (Å²) < 4.78 is 12.1. The molecule has 0 aliphatic carbocycles. The summed E-state index contributed by atoms with van der Waals surface area (Å²) in [6, 6.07) is 5.73. The van der Waals surface area contributed by atoms with Gasteiger partial charge in [0.15, 0.2) is 0 Å². The van der Waals surface area contributed by atoms with E-state index in [0.29, 0.717) is 23.6 Å². The van der Waals surface area contributed by atoms with Gasteiger partial charge < -0.3 is 29.7 Å². The van der Waals surface area contributed by atoms with Crippen molar-refractivity contribution in [3.8, 4) is 0 Å². The van der Waals surface area contributed by atoms with Gasteiger partial charge in [-0.2, -0.15) is 0 Å². The number of rotatable bonds is 13. The van der Waals surface area contributed by atoms with Gasteiger partial charge in [0.05, 0.1) is 41.8 Å². The summed E-state index contributed by atoms with van der Waals surface area (Å²) in [7, 11) is 0. The molecule has 1 aromatic carbocycles. The summed E-state index contributed by atoms with van der Waals surface area (Å²) in [6.45, 7) is 8.74. The summed E-state index contributed by atoms with van der Waals surface area (Å²) in [6.07, 6.45) is 2.95. The molecule has 0 saturated carbocycles. The van der Waals surface area contributed by atoms with E-state index in [2.05, 4.69) is 34.4 Å². The normalized spacial score (nSPS) is 28.6. The molecule has 0 radical (unpaired) electrons. The second kappa shape index (κ2) is 13.1. The molecular formula is C29H35BrClN3O7. The number of anilines is 1. The molecule has 2 N–H and O–H groups in total. The number of para-hydroxylation sites is 1. The number of fused-ring (bicyclic) bond motifs is 1. The molecule has 3 aliphatic rings. The molecule has 41 heavy (non-hydrogen) atoms. The molecule has 10 nitrogen and oxygen atoms in total. The lowest BCUT2D eigenvalue weighted by Gasteiger charge is -2.37. The van der Waals surface area contributed by atoms with Gasteiger partial charge in [-0.15, -0.1) is 13.2 Å². The van der Waals surface area contributed by atoms with Gasteiger partial charge in [-0.3, -0.25) is 19.2 Å². The fraction of sp³-hybridized carbons (Fsp3) is 0.517. The summed E-state index contributed by atoms with van der Waals surface area (Å²) in [5, 5.41) is 12.9. The minimum absolute atomic E-state index is 0.105. The predicted octanol–water partition coefficient (Wildman–Crippen LogP) is 2.61. The Labute approximate surface area is 252 Å². The van der Waals surface area contributed by atoms with Gasteiger partial charge in [0.2, 0.25) is 11.8 Å². The largest absolute Gasteiger partial charge is 0.460 e. The lowest BCUT2D eigenvalue weighted by Crippen LogP contribution is -2.57. The van der Waals surface area contributed by atoms with E-state index in [1.165, 1.54) is 9.80 Å². The number of aliphatic hydroxyl groups excluding tert-OH is 1. The molecular weight excluding hydrogens is 618 g/mol. The molecule has 4 rings (SSSR count). The van der Waals surface area contributed by atoms with Gasteiger partial charge in [0, 0.05) is 24.3 Å². The maximum Gasteiger partial charge on any atom is 0.312 e. The van der Waals surface area contributed by atoms with Crippen LogP contribution < -0.4 is 10.2 Å². The van der Waals surface area contributed by atoms with Crippen molar-refractivity contribution in [3.63, 3.8) is 0 Å². The van der Waals surface area contributed by atoms with E-state index >= 15 is 0 Å². The number of ether oxygens (including phenoxy) is 2. The van der Waals surface area contributed by atoms with Crippen LogP contribution in [0.5, 0.6) is 0 Å². The third-order valence-electron chi connectivity index (χ3n) is 7.84. The zero-order chi connectivity index (χ0) is 29.9. The summed E-state index contributed by atoms with van der Waals surface area (Å²) >= 11 is 10.1. The Morgan fingerprint density at radius 2 is 2.07 bits per heavy atom. The van der Waals surface area contributed by atoms with Crippen LogP contribution in [0.4, 0.5) is 5.69 Å². The third kappa shape index (κ3) is 5.82. The highest BCUT2D eigenvalue weighted by atomic mass is 79.9. The number of β-amino-alcohol motifs (C(OH)–C–C–N with tert-alkyl or cyclic N) is 1. The number of likely N-dealkylation sites (tertiary alicyclic amines) is 1. The number of halogens is 2. The van der Waals surface area contributed by atoms with Crippen LogP contribution in [-0.4, -0.2) is 88.6 Å². The van der Waals surface area contributed by atoms with E-state index in [-0.39, 0.29) is 43.4 Å². The van der Waals surface area contributed by atoms with Gasteiger partial charge >= 0.3 is 5.97 Å². The Kier molecular flexibility index (Phi) is 9.94. The molecule has 7 atom stereocenters. The Morgan fingerprint density at radius 1 is 1.34 bits per heavy atom. The predicted molar refractivity (Wildman–Crippen MR) is 156 cm³/mol. The zero-order valence-corrected chi connectivity index (χ0v) is 25.2. The Hall–Kier alpha value is -2.73.